The molecule has 118 valence electrons. The SMILES string of the molecule is CC[C@H]1CCCC[NH+]1CN1C(=O)c2cc(Cl)c(Cl)cc2C1=O. The molecule has 1 aromatic rings. The van der Waals surface area contributed by atoms with E-state index in [1.165, 1.54) is 28.4 Å². The maximum atomic E-state index is 12.5. The lowest BCUT2D eigenvalue weighted by molar-refractivity contribution is -0.937. The van der Waals surface area contributed by atoms with Crippen LogP contribution in [-0.4, -0.2) is 36.0 Å². The zero-order valence-corrected chi connectivity index (χ0v) is 14.0. The van der Waals surface area contributed by atoms with Crippen molar-refractivity contribution in [1.29, 1.82) is 0 Å². The van der Waals surface area contributed by atoms with Crippen molar-refractivity contribution in [2.24, 2.45) is 0 Å². The fourth-order valence-electron chi connectivity index (χ4n) is 3.48. The summed E-state index contributed by atoms with van der Waals surface area (Å²) >= 11 is 11.9. The highest BCUT2D eigenvalue weighted by molar-refractivity contribution is 6.43. The van der Waals surface area contributed by atoms with Crippen LogP contribution in [0.15, 0.2) is 12.1 Å². The smallest absolute Gasteiger partial charge is 0.266 e. The van der Waals surface area contributed by atoms with E-state index < -0.39 is 0 Å². The molecule has 4 nitrogen and oxygen atoms in total. The molecule has 0 aromatic heterocycles. The van der Waals surface area contributed by atoms with E-state index in [1.807, 2.05) is 0 Å². The van der Waals surface area contributed by atoms with Gasteiger partial charge in [-0.1, -0.05) is 30.1 Å². The highest BCUT2D eigenvalue weighted by atomic mass is 35.5. The maximum Gasteiger partial charge on any atom is 0.266 e. The first kappa shape index (κ1) is 15.8. The van der Waals surface area contributed by atoms with Crippen molar-refractivity contribution in [2.75, 3.05) is 13.2 Å². The first-order valence-corrected chi connectivity index (χ1v) is 8.48. The molecular weight excluding hydrogens is 323 g/mol. The van der Waals surface area contributed by atoms with Gasteiger partial charge in [-0.2, -0.15) is 0 Å². The van der Waals surface area contributed by atoms with Crippen LogP contribution in [0, 0.1) is 0 Å². The fraction of sp³-hybridized carbons (Fsp3) is 0.500. The Bertz CT molecular complexity index is 592. The minimum Gasteiger partial charge on any atom is -0.315 e. The summed E-state index contributed by atoms with van der Waals surface area (Å²) in [7, 11) is 0. The summed E-state index contributed by atoms with van der Waals surface area (Å²) in [6.45, 7) is 3.60. The van der Waals surface area contributed by atoms with E-state index >= 15 is 0 Å². The third-order valence-corrected chi connectivity index (χ3v) is 5.47. The van der Waals surface area contributed by atoms with Gasteiger partial charge in [0, 0.05) is 0 Å². The molecule has 0 spiro atoms. The van der Waals surface area contributed by atoms with E-state index in [0.717, 1.165) is 25.8 Å². The van der Waals surface area contributed by atoms with Crippen molar-refractivity contribution in [3.63, 3.8) is 0 Å². The third-order valence-electron chi connectivity index (χ3n) is 4.74. The van der Waals surface area contributed by atoms with Gasteiger partial charge >= 0.3 is 0 Å². The number of imide groups is 1. The Kier molecular flexibility index (Phi) is 4.44. The van der Waals surface area contributed by atoms with Crippen LogP contribution in [0.4, 0.5) is 0 Å². The molecule has 6 heteroatoms. The lowest BCUT2D eigenvalue weighted by atomic mass is 10.0. The van der Waals surface area contributed by atoms with Gasteiger partial charge in [-0.3, -0.25) is 9.59 Å². The molecule has 0 radical (unpaired) electrons. The molecule has 0 aliphatic carbocycles. The van der Waals surface area contributed by atoms with Crippen LogP contribution in [0.25, 0.3) is 0 Å². The zero-order valence-electron chi connectivity index (χ0n) is 12.5. The molecule has 22 heavy (non-hydrogen) atoms. The van der Waals surface area contributed by atoms with Gasteiger partial charge in [0.15, 0.2) is 6.67 Å². The molecule has 2 atom stereocenters. The Morgan fingerprint density at radius 3 is 2.27 bits per heavy atom. The Hall–Kier alpha value is -1.10. The molecule has 0 saturated carbocycles. The monoisotopic (exact) mass is 341 g/mol. The van der Waals surface area contributed by atoms with Crippen molar-refractivity contribution in [2.45, 2.75) is 38.6 Å². The Labute approximate surface area is 140 Å². The van der Waals surface area contributed by atoms with E-state index in [2.05, 4.69) is 6.92 Å². The maximum absolute atomic E-state index is 12.5. The minimum atomic E-state index is -0.258. The summed E-state index contributed by atoms with van der Waals surface area (Å²) in [6, 6.07) is 3.52. The summed E-state index contributed by atoms with van der Waals surface area (Å²) in [4.78, 5) is 27.7. The lowest BCUT2D eigenvalue weighted by Crippen LogP contribution is -3.18. The average molecular weight is 342 g/mol. The second-order valence-corrected chi connectivity index (χ2v) is 6.83. The van der Waals surface area contributed by atoms with Crippen LogP contribution in [0.1, 0.15) is 53.3 Å². The number of carbonyl (C=O) groups is 2. The quantitative estimate of drug-likeness (QED) is 0.857. The Morgan fingerprint density at radius 1 is 1.14 bits per heavy atom. The number of piperidine rings is 1. The van der Waals surface area contributed by atoms with Crippen LogP contribution >= 0.6 is 23.2 Å². The third kappa shape index (κ3) is 2.64. The lowest BCUT2D eigenvalue weighted by Gasteiger charge is -2.33. The molecule has 1 fully saturated rings. The van der Waals surface area contributed by atoms with E-state index in [9.17, 15) is 9.59 Å². The first-order valence-electron chi connectivity index (χ1n) is 7.72. The van der Waals surface area contributed by atoms with Crippen molar-refractivity contribution in [1.82, 2.24) is 4.90 Å². The standard InChI is InChI=1S/C16H18Cl2N2O2/c1-2-10-5-3-4-6-19(10)9-20-15(21)11-7-13(17)14(18)8-12(11)16(20)22/h7-8,10H,2-6,9H2,1H3/p+1/t10-/m0/s1. The van der Waals surface area contributed by atoms with Gasteiger partial charge in [0.25, 0.3) is 11.8 Å². The van der Waals surface area contributed by atoms with Crippen molar-refractivity contribution in [3.05, 3.63) is 33.3 Å². The highest BCUT2D eigenvalue weighted by Crippen LogP contribution is 2.31. The number of carbonyl (C=O) groups excluding carboxylic acids is 2. The molecule has 0 bridgehead atoms. The number of likely N-dealkylation sites (tertiary alicyclic amines) is 1. The second kappa shape index (κ2) is 6.19. The molecule has 1 N–H and O–H groups in total. The zero-order chi connectivity index (χ0) is 15.9. The number of nitrogens with one attached hydrogen (secondary N) is 1. The van der Waals surface area contributed by atoms with Gasteiger partial charge in [-0.25, -0.2) is 4.90 Å². The molecular formula is C16H19Cl2N2O2+. The molecule has 1 saturated heterocycles. The van der Waals surface area contributed by atoms with Crippen LogP contribution in [-0.2, 0) is 0 Å². The van der Waals surface area contributed by atoms with E-state index in [-0.39, 0.29) is 11.8 Å². The van der Waals surface area contributed by atoms with Crippen LogP contribution in [0.3, 0.4) is 0 Å². The number of nitrogens with zero attached hydrogens (tertiary/aromatic N) is 1. The van der Waals surface area contributed by atoms with Crippen molar-refractivity contribution >= 4 is 35.0 Å². The number of fused-ring (bicyclic) bond motifs is 1. The summed E-state index contributed by atoms with van der Waals surface area (Å²) in [6.07, 6.45) is 4.60. The molecule has 2 aliphatic rings. The van der Waals surface area contributed by atoms with Crippen molar-refractivity contribution in [3.8, 4) is 0 Å². The van der Waals surface area contributed by atoms with E-state index in [4.69, 9.17) is 23.2 Å². The predicted molar refractivity (Wildman–Crippen MR) is 85.6 cm³/mol. The van der Waals surface area contributed by atoms with E-state index in [0.29, 0.717) is 33.9 Å². The largest absolute Gasteiger partial charge is 0.315 e. The molecule has 2 heterocycles. The van der Waals surface area contributed by atoms with Crippen LogP contribution in [0.2, 0.25) is 10.0 Å². The van der Waals surface area contributed by atoms with Crippen LogP contribution < -0.4 is 4.90 Å². The summed E-state index contributed by atoms with van der Waals surface area (Å²) < 4.78 is 0. The minimum absolute atomic E-state index is 0.258. The molecule has 1 aromatic carbocycles. The second-order valence-electron chi connectivity index (χ2n) is 6.02. The number of rotatable bonds is 3. The van der Waals surface area contributed by atoms with Crippen molar-refractivity contribution < 1.29 is 14.5 Å². The summed E-state index contributed by atoms with van der Waals surface area (Å²) in [5.74, 6) is -0.516. The summed E-state index contributed by atoms with van der Waals surface area (Å²) in [5, 5.41) is 0.611. The molecule has 3 rings (SSSR count). The van der Waals surface area contributed by atoms with Crippen LogP contribution in [0.5, 0.6) is 0 Å². The van der Waals surface area contributed by atoms with Gasteiger partial charge in [0.2, 0.25) is 0 Å². The number of benzene rings is 1. The molecule has 2 amide bonds. The number of hydrogen-bond donors (Lipinski definition) is 1. The van der Waals surface area contributed by atoms with E-state index in [1.54, 1.807) is 0 Å². The van der Waals surface area contributed by atoms with Gasteiger partial charge < -0.3 is 4.90 Å². The van der Waals surface area contributed by atoms with Gasteiger partial charge in [0.1, 0.15) is 0 Å². The number of halogens is 2. The average Bonchev–Trinajstić information content (AvgIpc) is 2.73. The Morgan fingerprint density at radius 2 is 1.73 bits per heavy atom. The number of hydrogen-bond acceptors (Lipinski definition) is 2. The molecule has 1 unspecified atom stereocenters. The predicted octanol–water partition coefficient (Wildman–Crippen LogP) is 2.39. The fourth-order valence-corrected chi connectivity index (χ4v) is 3.81. The number of amides is 2. The highest BCUT2D eigenvalue weighted by Gasteiger charge is 2.40. The van der Waals surface area contributed by atoms with Gasteiger partial charge in [0.05, 0.1) is 33.8 Å². The van der Waals surface area contributed by atoms with Gasteiger partial charge in [-0.15, -0.1) is 0 Å². The Balaban J connectivity index is 1.84. The first-order chi connectivity index (χ1) is 10.5. The molecule has 2 aliphatic heterocycles. The topological polar surface area (TPSA) is 41.8 Å². The normalized spacial score (nSPS) is 24.8. The number of quaternary nitrogens is 1. The summed E-state index contributed by atoms with van der Waals surface area (Å²) in [5.41, 5.74) is 0.729. The van der Waals surface area contributed by atoms with Gasteiger partial charge in [-0.05, 0) is 37.8 Å².